The predicted molar refractivity (Wildman–Crippen MR) is 426 cm³/mol. The minimum absolute atomic E-state index is 0.0196. The van der Waals surface area contributed by atoms with Crippen LogP contribution in [-0.2, 0) is 18.4 Å². The number of unbranched alkanes of at least 4 members (excludes halogenated alkanes) is 4. The molecule has 0 saturated carbocycles. The van der Waals surface area contributed by atoms with Crippen molar-refractivity contribution >= 4 is 69.0 Å². The number of nitro groups is 4. The van der Waals surface area contributed by atoms with Crippen molar-refractivity contribution in [1.82, 2.24) is 19.6 Å². The maximum absolute atomic E-state index is 14.0. The molecule has 0 aromatic heterocycles. The molecular formula is C79H116N8O24Si2. The number of aliphatic hydroxyl groups excluding tert-OH is 2. The number of rotatable bonds is 35. The molecule has 0 radical (unpaired) electrons. The minimum Gasteiger partial charge on any atom is -0.493 e. The second-order valence-electron chi connectivity index (χ2n) is 32.8. The maximum Gasteiger partial charge on any atom is 0.302 e. The van der Waals surface area contributed by atoms with Crippen LogP contribution < -0.4 is 28.4 Å². The number of aryl methyl sites for hydroxylation is 2. The molecule has 0 spiro atoms. The molecule has 4 saturated heterocycles. The van der Waals surface area contributed by atoms with Crippen LogP contribution in [0.1, 0.15) is 199 Å². The fourth-order valence-corrected chi connectivity index (χ4v) is 16.0. The van der Waals surface area contributed by atoms with Gasteiger partial charge in [0.2, 0.25) is 0 Å². The Balaban J connectivity index is 0.000000314. The van der Waals surface area contributed by atoms with E-state index in [-0.39, 0.29) is 150 Å². The average Bonchev–Trinajstić information content (AvgIpc) is 1.73. The predicted octanol–water partition coefficient (Wildman–Crippen LogP) is 13.9. The molecule has 4 heterocycles. The van der Waals surface area contributed by atoms with Gasteiger partial charge in [-0.05, 0) is 150 Å². The molecule has 0 bridgehead atoms. The summed E-state index contributed by atoms with van der Waals surface area (Å²) in [4.78, 5) is 119. The summed E-state index contributed by atoms with van der Waals surface area (Å²) in [6, 6.07) is 9.51. The largest absolute Gasteiger partial charge is 0.493 e. The topological polar surface area (TPSA) is 394 Å². The highest BCUT2D eigenvalue weighted by atomic mass is 28.4. The zero-order valence-electron chi connectivity index (χ0n) is 68.7. The van der Waals surface area contributed by atoms with Crippen molar-refractivity contribution in [2.45, 2.75) is 239 Å². The molecule has 4 amide bonds. The summed E-state index contributed by atoms with van der Waals surface area (Å²) in [5.41, 5.74) is -0.792. The quantitative estimate of drug-likeness (QED) is 0.0142. The SMILES string of the molecule is CC[C@@H]1C[C@@H](C)CN1C(=O)c1cc(OC)c(OCCCCCOc2cc([N+](=O)[O-])c(C(=O)N3C[C@H](OC(C)=O)C[C@H]3CO[Si](C)(C)C(C)(C)C)cc2C)cc1[N+](=O)[O-].CC[C@@H]1C[C@@H](O)CN1C(=O)c1cc(OC)c(OCCCCCOc2cc([N+](=O)[O-])c(C(=O)N3C[C@H](O)C[C@H]3CO[Si](C)(C)C(C)(C)C)cc2C)cc1[N+](=O)[O-]. The van der Waals surface area contributed by atoms with Gasteiger partial charge >= 0.3 is 5.97 Å². The van der Waals surface area contributed by atoms with E-state index >= 15 is 0 Å². The monoisotopic (exact) mass is 1620 g/mol. The van der Waals surface area contributed by atoms with Crippen LogP contribution in [0.5, 0.6) is 34.5 Å². The van der Waals surface area contributed by atoms with Crippen LogP contribution in [0.3, 0.4) is 0 Å². The number of esters is 1. The van der Waals surface area contributed by atoms with E-state index in [2.05, 4.69) is 74.7 Å². The lowest BCUT2D eigenvalue weighted by Crippen LogP contribution is -2.46. The number of carbonyl (C=O) groups excluding carboxylic acids is 5. The van der Waals surface area contributed by atoms with Gasteiger partial charge in [0.15, 0.2) is 39.6 Å². The Kier molecular flexibility index (Phi) is 31.7. The molecule has 4 aromatic carbocycles. The van der Waals surface area contributed by atoms with Crippen LogP contribution in [0.15, 0.2) is 48.5 Å². The standard InChI is InChI=1S/C41H60N4O12Si.C38H56N4O12Si/c1-11-29-17-26(2)23-42(29)40(48)33-20-37(53-8)38(22-35(33)45(51)52)55-16-14-12-13-15-54-36-21-34(44(49)50)32(18-27(36)3)39(47)43-24-31(57-28(4)46)19-30(43)25-56-58(9,10)41(5,6)7;1-9-25-16-27(43)21-39(25)37(46)30-18-34(51-6)35(20-32(30)42(49)50)53-14-12-10-11-13-52-33-19-31(41(47)48)29(15-24(33)2)36(45)40-22-28(44)17-26(40)23-54-55(7,8)38(3,4)5/h18,20-22,26,29-31H,11-17,19,23-25H2,1-10H3;15,18-20,25-28,43-44H,9-14,16-17,21-23H2,1-8H3/t26-,29-,30+,31-;25-,26+,27-,28-/m11/s1. The summed E-state index contributed by atoms with van der Waals surface area (Å²) < 4.78 is 52.7. The number of β-amino-alcohol motifs (C(OH)–C–C–N with tert-alkyl or cyclic N) is 2. The number of hydrogen-bond acceptors (Lipinski definition) is 24. The Morgan fingerprint density at radius 2 is 0.761 bits per heavy atom. The van der Waals surface area contributed by atoms with E-state index in [9.17, 15) is 74.6 Å². The van der Waals surface area contributed by atoms with Crippen molar-refractivity contribution in [3.05, 3.63) is 122 Å². The molecule has 32 nitrogen and oxygen atoms in total. The van der Waals surface area contributed by atoms with Crippen LogP contribution >= 0.6 is 0 Å². The second kappa shape index (κ2) is 39.3. The fourth-order valence-electron chi connectivity index (χ4n) is 14.0. The summed E-state index contributed by atoms with van der Waals surface area (Å²) in [5, 5.41) is 68.9. The Morgan fingerprint density at radius 3 is 1.11 bits per heavy atom. The number of carbonyl (C=O) groups is 5. The van der Waals surface area contributed by atoms with Crippen molar-refractivity contribution in [1.29, 1.82) is 0 Å². The Hall–Kier alpha value is -9.10. The third kappa shape index (κ3) is 23.1. The summed E-state index contributed by atoms with van der Waals surface area (Å²) in [7, 11) is -1.55. The zero-order valence-corrected chi connectivity index (χ0v) is 70.7. The Bertz CT molecular complexity index is 4090. The number of benzene rings is 4. The van der Waals surface area contributed by atoms with Gasteiger partial charge < -0.3 is 71.8 Å². The highest BCUT2D eigenvalue weighted by Crippen LogP contribution is 2.43. The summed E-state index contributed by atoms with van der Waals surface area (Å²) in [6.45, 7) is 33.9. The Morgan fingerprint density at radius 1 is 0.451 bits per heavy atom. The van der Waals surface area contributed by atoms with E-state index < -0.39 is 108 Å². The van der Waals surface area contributed by atoms with Gasteiger partial charge in [-0.15, -0.1) is 0 Å². The zero-order chi connectivity index (χ0) is 83.9. The van der Waals surface area contributed by atoms with Gasteiger partial charge in [0, 0.05) is 57.2 Å². The summed E-state index contributed by atoms with van der Waals surface area (Å²) in [6.07, 6.45) is 4.79. The molecule has 8 atom stereocenters. The number of amides is 4. The van der Waals surface area contributed by atoms with Crippen molar-refractivity contribution in [2.75, 3.05) is 80.0 Å². The summed E-state index contributed by atoms with van der Waals surface area (Å²) >= 11 is 0. The molecule has 4 fully saturated rings. The molecule has 4 aromatic rings. The van der Waals surface area contributed by atoms with Gasteiger partial charge in [-0.25, -0.2) is 0 Å². The van der Waals surface area contributed by atoms with Crippen LogP contribution in [0.25, 0.3) is 0 Å². The van der Waals surface area contributed by atoms with Crippen LogP contribution in [-0.4, -0.2) is 218 Å². The number of ether oxygens (including phenoxy) is 7. The normalized spacial score (nSPS) is 19.8. The molecule has 0 aliphatic carbocycles. The van der Waals surface area contributed by atoms with E-state index in [0.717, 1.165) is 12.8 Å². The van der Waals surface area contributed by atoms with Gasteiger partial charge in [0.1, 0.15) is 39.9 Å². The van der Waals surface area contributed by atoms with Gasteiger partial charge in [-0.1, -0.05) is 62.3 Å². The lowest BCUT2D eigenvalue weighted by atomic mass is 10.1. The molecule has 34 heteroatoms. The number of nitrogens with zero attached hydrogens (tertiary/aromatic N) is 8. The van der Waals surface area contributed by atoms with E-state index in [1.807, 2.05) is 13.8 Å². The molecule has 4 aliphatic rings. The van der Waals surface area contributed by atoms with Gasteiger partial charge in [-0.3, -0.25) is 64.4 Å². The van der Waals surface area contributed by atoms with Crippen molar-refractivity contribution < 1.29 is 95.9 Å². The van der Waals surface area contributed by atoms with E-state index in [1.165, 1.54) is 84.4 Å². The number of hydrogen-bond donors (Lipinski definition) is 2. The fraction of sp³-hybridized carbons (Fsp3) is 0.633. The molecule has 4 aliphatic heterocycles. The van der Waals surface area contributed by atoms with Crippen molar-refractivity contribution in [3.63, 3.8) is 0 Å². The third-order valence-corrected chi connectivity index (χ3v) is 31.5. The lowest BCUT2D eigenvalue weighted by molar-refractivity contribution is -0.385. The number of aliphatic hydroxyl groups is 2. The first-order valence-electron chi connectivity index (χ1n) is 38.8. The van der Waals surface area contributed by atoms with Crippen LogP contribution in [0.2, 0.25) is 36.3 Å². The lowest BCUT2D eigenvalue weighted by Gasteiger charge is -2.38. The van der Waals surface area contributed by atoms with Crippen LogP contribution in [0.4, 0.5) is 22.7 Å². The third-order valence-electron chi connectivity index (χ3n) is 22.5. The van der Waals surface area contributed by atoms with Crippen molar-refractivity contribution in [3.8, 4) is 34.5 Å². The van der Waals surface area contributed by atoms with E-state index in [4.69, 9.17) is 42.0 Å². The van der Waals surface area contributed by atoms with Gasteiger partial charge in [0.25, 0.3) is 46.4 Å². The number of nitro benzene ring substituents is 4. The Labute approximate surface area is 663 Å². The first-order chi connectivity index (χ1) is 53.0. The smallest absolute Gasteiger partial charge is 0.302 e. The molecule has 8 rings (SSSR count). The summed E-state index contributed by atoms with van der Waals surface area (Å²) in [5.74, 6) is -0.984. The number of likely N-dealkylation sites (tertiary alicyclic amines) is 4. The highest BCUT2D eigenvalue weighted by Gasteiger charge is 2.46. The molecule has 113 heavy (non-hydrogen) atoms. The molecular weight excluding hydrogens is 1500 g/mol. The van der Waals surface area contributed by atoms with Gasteiger partial charge in [-0.2, -0.15) is 0 Å². The minimum atomic E-state index is -2.20. The molecule has 2 N–H and O–H groups in total. The number of methoxy groups -OCH3 is 2. The average molecular weight is 1620 g/mol. The maximum atomic E-state index is 14.0. The van der Waals surface area contributed by atoms with Gasteiger partial charge in [0.05, 0.1) is 129 Å². The molecule has 0 unspecified atom stereocenters. The first kappa shape index (κ1) is 91.1. The second-order valence-corrected chi connectivity index (χ2v) is 42.5. The van der Waals surface area contributed by atoms with Crippen molar-refractivity contribution in [2.24, 2.45) is 5.92 Å². The van der Waals surface area contributed by atoms with E-state index in [0.29, 0.717) is 87.8 Å². The molecule has 624 valence electrons. The van der Waals surface area contributed by atoms with Crippen LogP contribution in [0, 0.1) is 60.2 Å². The first-order valence-corrected chi connectivity index (χ1v) is 44.7. The highest BCUT2D eigenvalue weighted by molar-refractivity contribution is 6.74. The van der Waals surface area contributed by atoms with E-state index in [1.54, 1.807) is 18.7 Å².